The largest absolute Gasteiger partial charge is 0.339 e. The zero-order valence-corrected chi connectivity index (χ0v) is 16.2. The number of carbonyl (C=O) groups excluding carboxylic acids is 1. The van der Waals surface area contributed by atoms with Crippen molar-refractivity contribution >= 4 is 34.7 Å². The van der Waals surface area contributed by atoms with Crippen molar-refractivity contribution in [2.75, 3.05) is 26.2 Å². The second kappa shape index (κ2) is 8.66. The average molecular weight is 392 g/mol. The molecular weight excluding hydrogens is 370 g/mol. The van der Waals surface area contributed by atoms with Crippen LogP contribution in [0.1, 0.15) is 12.5 Å². The first kappa shape index (κ1) is 18.9. The Kier molecular flexibility index (Phi) is 6.29. The summed E-state index contributed by atoms with van der Waals surface area (Å²) < 4.78 is 0. The number of hydrogen-bond acceptors (Lipinski definition) is 6. The van der Waals surface area contributed by atoms with Crippen LogP contribution in [-0.2, 0) is 11.3 Å². The van der Waals surface area contributed by atoms with Crippen LogP contribution in [0.3, 0.4) is 0 Å². The van der Waals surface area contributed by atoms with Crippen LogP contribution >= 0.6 is 23.1 Å². The Labute approximate surface area is 160 Å². The smallest absolute Gasteiger partial charge is 0.269 e. The number of piperazine rings is 1. The van der Waals surface area contributed by atoms with Gasteiger partial charge >= 0.3 is 0 Å². The first-order valence-corrected chi connectivity index (χ1v) is 10.3. The number of thiophene rings is 1. The van der Waals surface area contributed by atoms with Gasteiger partial charge in [0.25, 0.3) is 5.69 Å². The van der Waals surface area contributed by atoms with Gasteiger partial charge in [-0.25, -0.2) is 0 Å². The van der Waals surface area contributed by atoms with E-state index in [2.05, 4.69) is 21.7 Å². The van der Waals surface area contributed by atoms with Gasteiger partial charge in [-0.05, 0) is 41.4 Å². The molecular formula is C18H21N3O3S2. The van der Waals surface area contributed by atoms with Crippen LogP contribution in [0, 0.1) is 10.1 Å². The fraction of sp³-hybridized carbons (Fsp3) is 0.389. The quantitative estimate of drug-likeness (QED) is 0.428. The third-order valence-electron chi connectivity index (χ3n) is 4.38. The molecule has 0 bridgehead atoms. The Morgan fingerprint density at radius 2 is 1.92 bits per heavy atom. The average Bonchev–Trinajstić information content (AvgIpc) is 3.15. The molecule has 0 N–H and O–H groups in total. The minimum absolute atomic E-state index is 0.0649. The number of benzene rings is 1. The fourth-order valence-electron chi connectivity index (χ4n) is 2.93. The summed E-state index contributed by atoms with van der Waals surface area (Å²) in [4.78, 5) is 28.1. The standard InChI is InChI=1S/C18H21N3O3S2/c1-14(26-17-4-2-16(3-5-17)21(23)24)18(22)20-9-7-19(8-10-20)12-15-6-11-25-13-15/h2-6,11,13-14H,7-10,12H2,1H3. The van der Waals surface area contributed by atoms with E-state index >= 15 is 0 Å². The summed E-state index contributed by atoms with van der Waals surface area (Å²) in [5.41, 5.74) is 1.40. The number of nitro groups is 1. The van der Waals surface area contributed by atoms with Gasteiger partial charge in [0.2, 0.25) is 5.91 Å². The van der Waals surface area contributed by atoms with Crippen molar-refractivity contribution in [2.45, 2.75) is 23.6 Å². The number of nitrogens with zero attached hydrogens (tertiary/aromatic N) is 3. The predicted molar refractivity (Wildman–Crippen MR) is 105 cm³/mol. The molecule has 8 heteroatoms. The van der Waals surface area contributed by atoms with Crippen molar-refractivity contribution in [3.8, 4) is 0 Å². The van der Waals surface area contributed by atoms with Crippen LogP contribution < -0.4 is 0 Å². The van der Waals surface area contributed by atoms with Gasteiger partial charge in [0, 0.05) is 49.8 Å². The summed E-state index contributed by atoms with van der Waals surface area (Å²) in [7, 11) is 0. The highest BCUT2D eigenvalue weighted by Gasteiger charge is 2.25. The molecule has 1 fully saturated rings. The highest BCUT2D eigenvalue weighted by atomic mass is 32.2. The molecule has 1 aliphatic rings. The zero-order chi connectivity index (χ0) is 18.5. The first-order valence-electron chi connectivity index (χ1n) is 8.46. The van der Waals surface area contributed by atoms with E-state index < -0.39 is 4.92 Å². The third-order valence-corrected chi connectivity index (χ3v) is 6.21. The molecule has 1 aromatic carbocycles. The zero-order valence-electron chi connectivity index (χ0n) is 14.5. The van der Waals surface area contributed by atoms with Gasteiger partial charge in [0.1, 0.15) is 0 Å². The van der Waals surface area contributed by atoms with E-state index in [0.29, 0.717) is 0 Å². The van der Waals surface area contributed by atoms with Gasteiger partial charge in [-0.1, -0.05) is 0 Å². The second-order valence-electron chi connectivity index (χ2n) is 6.24. The lowest BCUT2D eigenvalue weighted by molar-refractivity contribution is -0.384. The molecule has 0 saturated carbocycles. The van der Waals surface area contributed by atoms with Crippen molar-refractivity contribution in [1.29, 1.82) is 0 Å². The molecule has 1 unspecified atom stereocenters. The summed E-state index contributed by atoms with van der Waals surface area (Å²) in [5.74, 6) is 0.128. The van der Waals surface area contributed by atoms with Gasteiger partial charge in [0.05, 0.1) is 10.2 Å². The first-order chi connectivity index (χ1) is 12.5. The molecule has 1 saturated heterocycles. The van der Waals surface area contributed by atoms with E-state index in [4.69, 9.17) is 0 Å². The predicted octanol–water partition coefficient (Wildman–Crippen LogP) is 3.48. The normalized spacial score (nSPS) is 16.4. The molecule has 6 nitrogen and oxygen atoms in total. The topological polar surface area (TPSA) is 66.7 Å². The SMILES string of the molecule is CC(Sc1ccc([N+](=O)[O-])cc1)C(=O)N1CCN(Cc2ccsc2)CC1. The third kappa shape index (κ3) is 4.84. The molecule has 26 heavy (non-hydrogen) atoms. The van der Waals surface area contributed by atoms with Gasteiger partial charge in [0.15, 0.2) is 0 Å². The van der Waals surface area contributed by atoms with Crippen molar-refractivity contribution in [1.82, 2.24) is 9.80 Å². The number of nitro benzene ring substituents is 1. The summed E-state index contributed by atoms with van der Waals surface area (Å²) in [6.07, 6.45) is 0. The molecule has 138 valence electrons. The molecule has 1 amide bonds. The Balaban J connectivity index is 1.48. The number of hydrogen-bond donors (Lipinski definition) is 0. The Hall–Kier alpha value is -1.90. The number of amides is 1. The molecule has 0 radical (unpaired) electrons. The van der Waals surface area contributed by atoms with Crippen molar-refractivity contribution in [3.63, 3.8) is 0 Å². The summed E-state index contributed by atoms with van der Waals surface area (Å²) >= 11 is 3.15. The minimum Gasteiger partial charge on any atom is -0.339 e. The summed E-state index contributed by atoms with van der Waals surface area (Å²) in [5, 5.41) is 14.8. The van der Waals surface area contributed by atoms with E-state index in [1.807, 2.05) is 11.8 Å². The van der Waals surface area contributed by atoms with Crippen LogP contribution in [0.25, 0.3) is 0 Å². The molecule has 2 heterocycles. The van der Waals surface area contributed by atoms with Gasteiger partial charge < -0.3 is 4.90 Å². The maximum absolute atomic E-state index is 12.7. The molecule has 1 aliphatic heterocycles. The molecule has 1 atom stereocenters. The molecule has 0 aliphatic carbocycles. The monoisotopic (exact) mass is 391 g/mol. The molecule has 1 aromatic heterocycles. The van der Waals surface area contributed by atoms with Crippen LogP contribution in [0.4, 0.5) is 5.69 Å². The highest BCUT2D eigenvalue weighted by Crippen LogP contribution is 2.26. The summed E-state index contributed by atoms with van der Waals surface area (Å²) in [6, 6.07) is 8.49. The van der Waals surface area contributed by atoms with Crippen LogP contribution in [-0.4, -0.2) is 52.1 Å². The maximum atomic E-state index is 12.7. The lowest BCUT2D eigenvalue weighted by Crippen LogP contribution is -2.50. The van der Waals surface area contributed by atoms with E-state index in [-0.39, 0.29) is 16.8 Å². The lowest BCUT2D eigenvalue weighted by atomic mass is 10.2. The number of rotatable bonds is 6. The number of carbonyl (C=O) groups is 1. The maximum Gasteiger partial charge on any atom is 0.269 e. The van der Waals surface area contributed by atoms with Gasteiger partial charge in [-0.3, -0.25) is 19.8 Å². The molecule has 2 aromatic rings. The Morgan fingerprint density at radius 1 is 1.23 bits per heavy atom. The minimum atomic E-state index is -0.418. The van der Waals surface area contributed by atoms with E-state index in [1.165, 1.54) is 29.5 Å². The van der Waals surface area contributed by atoms with Gasteiger partial charge in [-0.2, -0.15) is 11.3 Å². The van der Waals surface area contributed by atoms with Crippen molar-refractivity contribution < 1.29 is 9.72 Å². The second-order valence-corrected chi connectivity index (χ2v) is 8.44. The summed E-state index contributed by atoms with van der Waals surface area (Å²) in [6.45, 7) is 6.10. The van der Waals surface area contributed by atoms with Crippen LogP contribution in [0.15, 0.2) is 46.0 Å². The Morgan fingerprint density at radius 3 is 2.50 bits per heavy atom. The van der Waals surface area contributed by atoms with Crippen molar-refractivity contribution in [2.24, 2.45) is 0 Å². The highest BCUT2D eigenvalue weighted by molar-refractivity contribution is 8.00. The lowest BCUT2D eigenvalue weighted by Gasteiger charge is -2.35. The Bertz CT molecular complexity index is 742. The number of non-ortho nitro benzene ring substituents is 1. The van der Waals surface area contributed by atoms with Crippen molar-refractivity contribution in [3.05, 3.63) is 56.8 Å². The molecule has 3 rings (SSSR count). The molecule has 0 spiro atoms. The van der Waals surface area contributed by atoms with Crippen LogP contribution in [0.5, 0.6) is 0 Å². The van der Waals surface area contributed by atoms with Crippen LogP contribution in [0.2, 0.25) is 0 Å². The number of thioether (sulfide) groups is 1. The van der Waals surface area contributed by atoms with Gasteiger partial charge in [-0.15, -0.1) is 11.8 Å². The van der Waals surface area contributed by atoms with E-state index in [1.54, 1.807) is 23.5 Å². The fourth-order valence-corrected chi connectivity index (χ4v) is 4.54. The van der Waals surface area contributed by atoms with E-state index in [0.717, 1.165) is 37.6 Å². The van der Waals surface area contributed by atoms with E-state index in [9.17, 15) is 14.9 Å².